The zero-order chi connectivity index (χ0) is 17.3. The topological polar surface area (TPSA) is 77.5 Å². The van der Waals surface area contributed by atoms with E-state index < -0.39 is 44.9 Å². The standard InChI is InChI=1S/C15H20Cl2O5/c1-5-6-7-8(18)9-10(19)11(16)14(2,3)15(17,12(9)20)13(21)22-4/h9,11H,5-7H2,1-4H3/t9-,11+,15+/m1/s1. The van der Waals surface area contributed by atoms with Crippen LogP contribution in [0.15, 0.2) is 0 Å². The normalized spacial score (nSPS) is 31.0. The van der Waals surface area contributed by atoms with E-state index in [1.54, 1.807) is 0 Å². The van der Waals surface area contributed by atoms with Crippen molar-refractivity contribution in [2.45, 2.75) is 50.3 Å². The van der Waals surface area contributed by atoms with Gasteiger partial charge in [-0.25, -0.2) is 4.79 Å². The molecule has 7 heteroatoms. The summed E-state index contributed by atoms with van der Waals surface area (Å²) in [5, 5.41) is -1.24. The molecule has 22 heavy (non-hydrogen) atoms. The maximum absolute atomic E-state index is 12.7. The van der Waals surface area contributed by atoms with Crippen molar-refractivity contribution in [1.29, 1.82) is 0 Å². The molecule has 1 saturated carbocycles. The molecule has 1 rings (SSSR count). The SMILES string of the molecule is CCCCC(=O)[C@@H]1C(=O)[C@H](Cl)C(C)(C)[C@@](Cl)(C(=O)OC)C1=O. The lowest BCUT2D eigenvalue weighted by molar-refractivity contribution is -0.158. The Kier molecular flexibility index (Phi) is 5.79. The van der Waals surface area contributed by atoms with Crippen LogP contribution >= 0.6 is 23.2 Å². The van der Waals surface area contributed by atoms with Gasteiger partial charge in [-0.2, -0.15) is 0 Å². The van der Waals surface area contributed by atoms with Crippen molar-refractivity contribution in [3.8, 4) is 0 Å². The second-order valence-electron chi connectivity index (χ2n) is 6.00. The number of alkyl halides is 2. The van der Waals surface area contributed by atoms with Crippen LogP contribution < -0.4 is 0 Å². The largest absolute Gasteiger partial charge is 0.467 e. The quantitative estimate of drug-likeness (QED) is 0.431. The van der Waals surface area contributed by atoms with Gasteiger partial charge in [0.2, 0.25) is 4.87 Å². The lowest BCUT2D eigenvalue weighted by Gasteiger charge is -2.46. The fourth-order valence-corrected chi connectivity index (χ4v) is 3.27. The number of unbranched alkanes of at least 4 members (excludes halogenated alkanes) is 1. The summed E-state index contributed by atoms with van der Waals surface area (Å²) in [4.78, 5) is 47.2. The van der Waals surface area contributed by atoms with E-state index in [1.165, 1.54) is 13.8 Å². The number of methoxy groups -OCH3 is 1. The van der Waals surface area contributed by atoms with Gasteiger partial charge in [-0.1, -0.05) is 38.8 Å². The summed E-state index contributed by atoms with van der Waals surface area (Å²) in [6, 6.07) is 0. The second-order valence-corrected chi connectivity index (χ2v) is 7.01. The Labute approximate surface area is 139 Å². The fourth-order valence-electron chi connectivity index (χ4n) is 2.63. The predicted molar refractivity (Wildman–Crippen MR) is 82.1 cm³/mol. The third kappa shape index (κ3) is 2.69. The molecule has 0 radical (unpaired) electrons. The number of halogens is 2. The third-order valence-electron chi connectivity index (χ3n) is 4.22. The Hall–Kier alpha value is -0.940. The monoisotopic (exact) mass is 350 g/mol. The van der Waals surface area contributed by atoms with Crippen LogP contribution in [-0.4, -0.2) is 40.7 Å². The summed E-state index contributed by atoms with van der Waals surface area (Å²) < 4.78 is 4.62. The number of rotatable bonds is 5. The summed E-state index contributed by atoms with van der Waals surface area (Å²) in [6.07, 6.45) is 1.34. The van der Waals surface area contributed by atoms with Crippen LogP contribution in [0.1, 0.15) is 40.0 Å². The molecular formula is C15H20Cl2O5. The van der Waals surface area contributed by atoms with Gasteiger partial charge in [0.25, 0.3) is 0 Å². The van der Waals surface area contributed by atoms with Crippen molar-refractivity contribution < 1.29 is 23.9 Å². The molecule has 0 N–H and O–H groups in total. The number of ether oxygens (including phenoxy) is 1. The molecule has 0 aromatic heterocycles. The number of esters is 1. The first-order valence-corrected chi connectivity index (χ1v) is 7.90. The Balaban J connectivity index is 3.35. The molecule has 0 aliphatic heterocycles. The molecule has 5 nitrogen and oxygen atoms in total. The lowest BCUT2D eigenvalue weighted by Crippen LogP contribution is -2.67. The van der Waals surface area contributed by atoms with Gasteiger partial charge in [-0.15, -0.1) is 11.6 Å². The maximum Gasteiger partial charge on any atom is 0.335 e. The highest BCUT2D eigenvalue weighted by molar-refractivity contribution is 6.53. The van der Waals surface area contributed by atoms with Crippen LogP contribution in [0.5, 0.6) is 0 Å². The summed E-state index contributed by atoms with van der Waals surface area (Å²) >= 11 is 12.4. The van der Waals surface area contributed by atoms with Crippen LogP contribution in [-0.2, 0) is 23.9 Å². The van der Waals surface area contributed by atoms with Crippen molar-refractivity contribution in [2.24, 2.45) is 11.3 Å². The van der Waals surface area contributed by atoms with Gasteiger partial charge in [0.15, 0.2) is 17.3 Å². The van der Waals surface area contributed by atoms with Gasteiger partial charge in [0, 0.05) is 11.8 Å². The summed E-state index contributed by atoms with van der Waals surface area (Å²) in [6.45, 7) is 4.76. The molecule has 124 valence electrons. The highest BCUT2D eigenvalue weighted by Crippen LogP contribution is 2.50. The number of carbonyl (C=O) groups excluding carboxylic acids is 4. The molecule has 0 heterocycles. The Morgan fingerprint density at radius 3 is 2.27 bits per heavy atom. The number of ketones is 3. The third-order valence-corrected chi connectivity index (χ3v) is 5.81. The molecule has 1 fully saturated rings. The van der Waals surface area contributed by atoms with Gasteiger partial charge < -0.3 is 4.74 Å². The molecule has 0 aromatic rings. The molecule has 0 bridgehead atoms. The zero-order valence-corrected chi connectivity index (χ0v) is 14.6. The molecule has 0 unspecified atom stereocenters. The molecule has 1 aliphatic carbocycles. The number of Topliss-reactive ketones (excluding diaryl/α,β-unsaturated/α-hetero) is 3. The smallest absolute Gasteiger partial charge is 0.335 e. The van der Waals surface area contributed by atoms with Gasteiger partial charge in [0.05, 0.1) is 7.11 Å². The van der Waals surface area contributed by atoms with Crippen molar-refractivity contribution in [1.82, 2.24) is 0 Å². The van der Waals surface area contributed by atoms with Crippen LogP contribution in [0.25, 0.3) is 0 Å². The average molecular weight is 351 g/mol. The van der Waals surface area contributed by atoms with E-state index >= 15 is 0 Å². The van der Waals surface area contributed by atoms with Gasteiger partial charge in [-0.05, 0) is 6.42 Å². The van der Waals surface area contributed by atoms with E-state index in [1.807, 2.05) is 6.92 Å². The van der Waals surface area contributed by atoms with Crippen molar-refractivity contribution in [2.75, 3.05) is 7.11 Å². The number of hydrogen-bond acceptors (Lipinski definition) is 5. The molecule has 1 aliphatic rings. The predicted octanol–water partition coefficient (Wildman–Crippen LogP) is 2.30. The van der Waals surface area contributed by atoms with Crippen molar-refractivity contribution in [3.05, 3.63) is 0 Å². The fraction of sp³-hybridized carbons (Fsp3) is 0.733. The van der Waals surface area contributed by atoms with Crippen LogP contribution in [0, 0.1) is 11.3 Å². The van der Waals surface area contributed by atoms with Crippen molar-refractivity contribution >= 4 is 46.5 Å². The second kappa shape index (κ2) is 6.67. The van der Waals surface area contributed by atoms with Crippen LogP contribution in [0.4, 0.5) is 0 Å². The molecule has 0 amide bonds. The first kappa shape index (κ1) is 19.1. The lowest BCUT2D eigenvalue weighted by atomic mass is 9.62. The van der Waals surface area contributed by atoms with Gasteiger partial charge in [0.1, 0.15) is 11.3 Å². The average Bonchev–Trinajstić information content (AvgIpc) is 2.48. The van der Waals surface area contributed by atoms with Crippen molar-refractivity contribution in [3.63, 3.8) is 0 Å². The van der Waals surface area contributed by atoms with Crippen LogP contribution in [0.3, 0.4) is 0 Å². The summed E-state index contributed by atoms with van der Waals surface area (Å²) in [5.74, 6) is -4.78. The van der Waals surface area contributed by atoms with Gasteiger partial charge >= 0.3 is 5.97 Å². The van der Waals surface area contributed by atoms with E-state index in [4.69, 9.17) is 23.2 Å². The first-order valence-electron chi connectivity index (χ1n) is 7.09. The Morgan fingerprint density at radius 2 is 1.82 bits per heavy atom. The Morgan fingerprint density at radius 1 is 1.27 bits per heavy atom. The zero-order valence-electron chi connectivity index (χ0n) is 13.1. The molecule has 0 spiro atoms. The minimum Gasteiger partial charge on any atom is -0.467 e. The Bertz CT molecular complexity index is 514. The summed E-state index contributed by atoms with van der Waals surface area (Å²) in [7, 11) is 1.09. The van der Waals surface area contributed by atoms with E-state index in [2.05, 4.69) is 4.74 Å². The van der Waals surface area contributed by atoms with E-state index in [0.29, 0.717) is 6.42 Å². The number of hydrogen-bond donors (Lipinski definition) is 0. The highest BCUT2D eigenvalue weighted by Gasteiger charge is 2.68. The maximum atomic E-state index is 12.7. The minimum absolute atomic E-state index is 0.0663. The van der Waals surface area contributed by atoms with E-state index in [-0.39, 0.29) is 6.42 Å². The number of carbonyl (C=O) groups is 4. The van der Waals surface area contributed by atoms with E-state index in [9.17, 15) is 19.2 Å². The minimum atomic E-state index is -2.16. The summed E-state index contributed by atoms with van der Waals surface area (Å²) in [5.41, 5.74) is -1.38. The first-order chi connectivity index (χ1) is 10.1. The molecular weight excluding hydrogens is 331 g/mol. The van der Waals surface area contributed by atoms with Gasteiger partial charge in [-0.3, -0.25) is 14.4 Å². The molecule has 0 aromatic carbocycles. The van der Waals surface area contributed by atoms with E-state index in [0.717, 1.165) is 13.5 Å². The van der Waals surface area contributed by atoms with Crippen LogP contribution in [0.2, 0.25) is 0 Å². The highest BCUT2D eigenvalue weighted by atomic mass is 35.5. The molecule has 3 atom stereocenters. The molecule has 0 saturated heterocycles.